The van der Waals surface area contributed by atoms with Crippen molar-refractivity contribution in [3.05, 3.63) is 0 Å². The third-order valence-electron chi connectivity index (χ3n) is 3.50. The lowest BCUT2D eigenvalue weighted by Crippen LogP contribution is -2.34. The molecule has 2 nitrogen and oxygen atoms in total. The molecule has 0 aliphatic heterocycles. The zero-order valence-corrected chi connectivity index (χ0v) is 14.3. The number of nitrogens with zero attached hydrogens (tertiary/aromatic N) is 1. The number of rotatable bonds is 8. The van der Waals surface area contributed by atoms with Crippen molar-refractivity contribution in [2.24, 2.45) is 17.3 Å². The summed E-state index contributed by atoms with van der Waals surface area (Å²) in [6.45, 7) is 14.1. The van der Waals surface area contributed by atoms with Gasteiger partial charge in [-0.15, -0.1) is 0 Å². The average molecular weight is 269 g/mol. The van der Waals surface area contributed by atoms with E-state index in [2.05, 4.69) is 41.5 Å². The van der Waals surface area contributed by atoms with Gasteiger partial charge in [0.2, 0.25) is 5.91 Å². The summed E-state index contributed by atoms with van der Waals surface area (Å²) in [5, 5.41) is 0. The molecule has 0 unspecified atom stereocenters. The van der Waals surface area contributed by atoms with Crippen LogP contribution in [-0.2, 0) is 4.79 Å². The number of hydrogen-bond donors (Lipinski definition) is 0. The maximum absolute atomic E-state index is 12.1. The van der Waals surface area contributed by atoms with Crippen molar-refractivity contribution < 1.29 is 4.79 Å². The lowest BCUT2D eigenvalue weighted by atomic mass is 9.89. The Morgan fingerprint density at radius 1 is 1.05 bits per heavy atom. The maximum Gasteiger partial charge on any atom is 0.225 e. The highest BCUT2D eigenvalue weighted by Crippen LogP contribution is 2.23. The molecule has 114 valence electrons. The van der Waals surface area contributed by atoms with E-state index < -0.39 is 0 Å². The van der Waals surface area contributed by atoms with Crippen LogP contribution in [0.1, 0.15) is 73.6 Å². The van der Waals surface area contributed by atoms with Gasteiger partial charge in [0.05, 0.1) is 0 Å². The Balaban J connectivity index is 3.79. The molecule has 19 heavy (non-hydrogen) atoms. The molecule has 0 aromatic rings. The molecule has 0 aromatic carbocycles. The van der Waals surface area contributed by atoms with Gasteiger partial charge in [-0.25, -0.2) is 0 Å². The molecule has 0 bridgehead atoms. The lowest BCUT2D eigenvalue weighted by molar-refractivity contribution is -0.134. The fourth-order valence-corrected chi connectivity index (χ4v) is 2.42. The summed E-state index contributed by atoms with van der Waals surface area (Å²) in [7, 11) is 1.93. The van der Waals surface area contributed by atoms with Crippen LogP contribution >= 0.6 is 0 Å². The number of carbonyl (C=O) groups excluding carboxylic acids is 1. The highest BCUT2D eigenvalue weighted by atomic mass is 16.2. The smallest absolute Gasteiger partial charge is 0.225 e. The van der Waals surface area contributed by atoms with Crippen LogP contribution in [0.25, 0.3) is 0 Å². The number of hydrogen-bond acceptors (Lipinski definition) is 1. The minimum absolute atomic E-state index is 0.179. The van der Waals surface area contributed by atoms with Crippen LogP contribution in [0, 0.1) is 17.3 Å². The van der Waals surface area contributed by atoms with Crippen molar-refractivity contribution in [2.45, 2.75) is 73.6 Å². The first kappa shape index (κ1) is 18.5. The Morgan fingerprint density at radius 3 is 2.11 bits per heavy atom. The predicted molar refractivity (Wildman–Crippen MR) is 84.2 cm³/mol. The third-order valence-corrected chi connectivity index (χ3v) is 3.50. The summed E-state index contributed by atoms with van der Waals surface area (Å²) in [6.07, 6.45) is 6.03. The molecule has 0 aliphatic rings. The number of carbonyl (C=O) groups is 1. The van der Waals surface area contributed by atoms with Crippen LogP contribution in [0.3, 0.4) is 0 Å². The summed E-state index contributed by atoms with van der Waals surface area (Å²) < 4.78 is 0. The maximum atomic E-state index is 12.1. The normalized spacial score (nSPS) is 13.7. The molecule has 0 saturated heterocycles. The first-order chi connectivity index (χ1) is 8.63. The van der Waals surface area contributed by atoms with E-state index in [0.29, 0.717) is 17.2 Å². The van der Waals surface area contributed by atoms with Gasteiger partial charge in [0.1, 0.15) is 0 Å². The van der Waals surface area contributed by atoms with E-state index >= 15 is 0 Å². The van der Waals surface area contributed by atoms with E-state index in [-0.39, 0.29) is 5.92 Å². The van der Waals surface area contributed by atoms with Gasteiger partial charge >= 0.3 is 0 Å². The van der Waals surface area contributed by atoms with Crippen molar-refractivity contribution >= 4 is 5.91 Å². The first-order valence-electron chi connectivity index (χ1n) is 7.88. The molecule has 0 aliphatic carbocycles. The Kier molecular flexibility index (Phi) is 8.36. The second-order valence-corrected chi connectivity index (χ2v) is 7.67. The van der Waals surface area contributed by atoms with Crippen LogP contribution in [0.4, 0.5) is 0 Å². The lowest BCUT2D eigenvalue weighted by Gasteiger charge is -2.23. The summed E-state index contributed by atoms with van der Waals surface area (Å²) in [5.74, 6) is 1.04. The van der Waals surface area contributed by atoms with E-state index in [4.69, 9.17) is 0 Å². The molecule has 0 radical (unpaired) electrons. The molecule has 1 atom stereocenters. The van der Waals surface area contributed by atoms with Gasteiger partial charge in [-0.2, -0.15) is 0 Å². The Hall–Kier alpha value is -0.530. The molecule has 2 heteroatoms. The van der Waals surface area contributed by atoms with Gasteiger partial charge in [-0.05, 0) is 24.2 Å². The highest BCUT2D eigenvalue weighted by molar-refractivity contribution is 5.78. The monoisotopic (exact) mass is 269 g/mol. The Morgan fingerprint density at radius 2 is 1.63 bits per heavy atom. The van der Waals surface area contributed by atoms with E-state index in [0.717, 1.165) is 13.0 Å². The topological polar surface area (TPSA) is 20.3 Å². The summed E-state index contributed by atoms with van der Waals surface area (Å²) in [4.78, 5) is 14.0. The SMILES string of the molecule is CC(C)CN(C)C(=O)[C@@H](C)CCCCCC(C)(C)C. The number of amides is 1. The fraction of sp³-hybridized carbons (Fsp3) is 0.941. The highest BCUT2D eigenvalue weighted by Gasteiger charge is 2.17. The van der Waals surface area contributed by atoms with Crippen LogP contribution < -0.4 is 0 Å². The van der Waals surface area contributed by atoms with Crippen molar-refractivity contribution in [1.82, 2.24) is 4.90 Å². The second-order valence-electron chi connectivity index (χ2n) is 7.67. The van der Waals surface area contributed by atoms with Crippen LogP contribution in [0.2, 0.25) is 0 Å². The quantitative estimate of drug-likeness (QED) is 0.583. The molecule has 0 aromatic heterocycles. The van der Waals surface area contributed by atoms with Crippen molar-refractivity contribution in [2.75, 3.05) is 13.6 Å². The molecule has 0 N–H and O–H groups in total. The summed E-state index contributed by atoms with van der Waals surface area (Å²) >= 11 is 0. The summed E-state index contributed by atoms with van der Waals surface area (Å²) in [6, 6.07) is 0. The minimum atomic E-state index is 0.179. The van der Waals surface area contributed by atoms with Crippen molar-refractivity contribution in [3.63, 3.8) is 0 Å². The average Bonchev–Trinajstić information content (AvgIpc) is 2.24. The minimum Gasteiger partial charge on any atom is -0.345 e. The van der Waals surface area contributed by atoms with Crippen LogP contribution in [-0.4, -0.2) is 24.4 Å². The third kappa shape index (κ3) is 9.98. The van der Waals surface area contributed by atoms with E-state index in [1.54, 1.807) is 0 Å². The van der Waals surface area contributed by atoms with E-state index in [1.807, 2.05) is 11.9 Å². The van der Waals surface area contributed by atoms with Crippen molar-refractivity contribution in [1.29, 1.82) is 0 Å². The fourth-order valence-electron chi connectivity index (χ4n) is 2.42. The van der Waals surface area contributed by atoms with E-state index in [9.17, 15) is 4.79 Å². The van der Waals surface area contributed by atoms with Gasteiger partial charge in [0.15, 0.2) is 0 Å². The van der Waals surface area contributed by atoms with Gasteiger partial charge in [0.25, 0.3) is 0 Å². The zero-order valence-electron chi connectivity index (χ0n) is 14.3. The van der Waals surface area contributed by atoms with Crippen molar-refractivity contribution in [3.8, 4) is 0 Å². The standard InChI is InChI=1S/C17H35NO/c1-14(2)13-18(7)16(19)15(3)11-9-8-10-12-17(4,5)6/h14-15H,8-13H2,1-7H3/t15-/m0/s1. The largest absolute Gasteiger partial charge is 0.345 e. The van der Waals surface area contributed by atoms with Gasteiger partial charge in [-0.1, -0.05) is 60.8 Å². The molecular formula is C17H35NO. The predicted octanol–water partition coefficient (Wildman–Crippen LogP) is 4.73. The zero-order chi connectivity index (χ0) is 15.1. The molecule has 0 rings (SSSR count). The van der Waals surface area contributed by atoms with Gasteiger partial charge in [0, 0.05) is 19.5 Å². The number of unbranched alkanes of at least 4 members (excludes halogenated alkanes) is 2. The van der Waals surface area contributed by atoms with Gasteiger partial charge < -0.3 is 4.90 Å². The first-order valence-corrected chi connectivity index (χ1v) is 7.88. The van der Waals surface area contributed by atoms with Crippen LogP contribution in [0.15, 0.2) is 0 Å². The Labute approximate surface area is 120 Å². The van der Waals surface area contributed by atoms with Crippen LogP contribution in [0.5, 0.6) is 0 Å². The molecule has 1 amide bonds. The van der Waals surface area contributed by atoms with Gasteiger partial charge in [-0.3, -0.25) is 4.79 Å². The molecule has 0 heterocycles. The van der Waals surface area contributed by atoms with E-state index in [1.165, 1.54) is 25.7 Å². The molecule has 0 saturated carbocycles. The second kappa shape index (κ2) is 8.60. The molecular weight excluding hydrogens is 234 g/mol. The molecule has 0 fully saturated rings. The Bertz CT molecular complexity index is 252. The molecule has 0 spiro atoms. The summed E-state index contributed by atoms with van der Waals surface area (Å²) in [5.41, 5.74) is 0.443.